The van der Waals surface area contributed by atoms with Crippen molar-refractivity contribution >= 4 is 16.9 Å². The van der Waals surface area contributed by atoms with Crippen LogP contribution in [0.5, 0.6) is 5.75 Å². The first-order chi connectivity index (χ1) is 16.0. The molecule has 4 aromatic rings. The standard InChI is InChI=1S/C27H28FN3O2/c1-19(2)20-12-14-21(15-13-20)33-17-7-16-31-25-11-6-5-10-24(25)30-26(31)18-29-27(32)22-8-3-4-9-23(22)28/h3-6,8-15,19H,7,16-18H2,1-2H3,(H,29,32). The van der Waals surface area contributed by atoms with Crippen LogP contribution in [0.2, 0.25) is 0 Å². The molecule has 0 unspecified atom stereocenters. The van der Waals surface area contributed by atoms with Crippen molar-refractivity contribution in [1.82, 2.24) is 14.9 Å². The summed E-state index contributed by atoms with van der Waals surface area (Å²) in [6, 6.07) is 22.0. The van der Waals surface area contributed by atoms with Crippen molar-refractivity contribution < 1.29 is 13.9 Å². The van der Waals surface area contributed by atoms with E-state index >= 15 is 0 Å². The summed E-state index contributed by atoms with van der Waals surface area (Å²) in [4.78, 5) is 17.1. The fourth-order valence-electron chi connectivity index (χ4n) is 3.77. The first-order valence-electron chi connectivity index (χ1n) is 11.2. The van der Waals surface area contributed by atoms with Crippen LogP contribution in [0.1, 0.15) is 47.9 Å². The molecule has 5 nitrogen and oxygen atoms in total. The fourth-order valence-corrected chi connectivity index (χ4v) is 3.77. The van der Waals surface area contributed by atoms with Crippen molar-refractivity contribution in [3.8, 4) is 5.75 Å². The van der Waals surface area contributed by atoms with Crippen LogP contribution in [0.25, 0.3) is 11.0 Å². The van der Waals surface area contributed by atoms with E-state index < -0.39 is 11.7 Å². The molecule has 0 saturated heterocycles. The summed E-state index contributed by atoms with van der Waals surface area (Å²) in [7, 11) is 0. The fraction of sp³-hybridized carbons (Fsp3) is 0.259. The Morgan fingerprint density at radius 2 is 1.76 bits per heavy atom. The lowest BCUT2D eigenvalue weighted by atomic mass is 10.0. The molecule has 0 aliphatic rings. The second-order valence-corrected chi connectivity index (χ2v) is 8.26. The van der Waals surface area contributed by atoms with E-state index in [1.807, 2.05) is 36.4 Å². The zero-order chi connectivity index (χ0) is 23.2. The average Bonchev–Trinajstić information content (AvgIpc) is 3.18. The van der Waals surface area contributed by atoms with Gasteiger partial charge < -0.3 is 14.6 Å². The van der Waals surface area contributed by atoms with Crippen molar-refractivity contribution in [2.75, 3.05) is 6.61 Å². The number of benzene rings is 3. The molecule has 0 spiro atoms. The Balaban J connectivity index is 1.40. The molecule has 33 heavy (non-hydrogen) atoms. The van der Waals surface area contributed by atoms with Gasteiger partial charge in [-0.1, -0.05) is 50.2 Å². The summed E-state index contributed by atoms with van der Waals surface area (Å²) in [6.07, 6.45) is 0.778. The lowest BCUT2D eigenvalue weighted by Crippen LogP contribution is -2.25. The number of aryl methyl sites for hydroxylation is 1. The van der Waals surface area contributed by atoms with Crippen LogP contribution in [0.15, 0.2) is 72.8 Å². The topological polar surface area (TPSA) is 56.1 Å². The summed E-state index contributed by atoms with van der Waals surface area (Å²) >= 11 is 0. The molecule has 0 radical (unpaired) electrons. The minimum atomic E-state index is -0.540. The number of aromatic nitrogens is 2. The number of hydrogen-bond acceptors (Lipinski definition) is 3. The van der Waals surface area contributed by atoms with Gasteiger partial charge in [0.2, 0.25) is 0 Å². The van der Waals surface area contributed by atoms with Crippen LogP contribution in [-0.2, 0) is 13.1 Å². The highest BCUT2D eigenvalue weighted by Gasteiger charge is 2.14. The number of nitrogens with zero attached hydrogens (tertiary/aromatic N) is 2. The highest BCUT2D eigenvalue weighted by Crippen LogP contribution is 2.20. The Morgan fingerprint density at radius 1 is 1.03 bits per heavy atom. The third-order valence-electron chi connectivity index (χ3n) is 5.60. The molecule has 0 fully saturated rings. The van der Waals surface area contributed by atoms with E-state index in [1.165, 1.54) is 17.7 Å². The van der Waals surface area contributed by atoms with Crippen molar-refractivity contribution in [1.29, 1.82) is 0 Å². The molecule has 0 aliphatic heterocycles. The minimum Gasteiger partial charge on any atom is -0.494 e. The number of imidazole rings is 1. The van der Waals surface area contributed by atoms with Gasteiger partial charge in [0.1, 0.15) is 17.4 Å². The van der Waals surface area contributed by atoms with Gasteiger partial charge in [-0.2, -0.15) is 0 Å². The van der Waals surface area contributed by atoms with Gasteiger partial charge in [-0.3, -0.25) is 4.79 Å². The number of hydrogen-bond donors (Lipinski definition) is 1. The number of fused-ring (bicyclic) bond motifs is 1. The van der Waals surface area contributed by atoms with Gasteiger partial charge in [0.15, 0.2) is 0 Å². The molecule has 1 heterocycles. The molecule has 0 bridgehead atoms. The molecular formula is C27H28FN3O2. The molecule has 0 aliphatic carbocycles. The molecule has 6 heteroatoms. The van der Waals surface area contributed by atoms with E-state index in [0.717, 1.165) is 29.0 Å². The lowest BCUT2D eigenvalue weighted by molar-refractivity contribution is 0.0945. The van der Waals surface area contributed by atoms with E-state index in [9.17, 15) is 9.18 Å². The number of amides is 1. The monoisotopic (exact) mass is 445 g/mol. The third-order valence-corrected chi connectivity index (χ3v) is 5.60. The van der Waals surface area contributed by atoms with Crippen LogP contribution >= 0.6 is 0 Å². The molecule has 1 N–H and O–H groups in total. The molecule has 0 atom stereocenters. The number of nitrogens with one attached hydrogen (secondary N) is 1. The zero-order valence-corrected chi connectivity index (χ0v) is 18.9. The molecule has 170 valence electrons. The Hall–Kier alpha value is -3.67. The van der Waals surface area contributed by atoms with Gasteiger partial charge in [0.25, 0.3) is 5.91 Å². The van der Waals surface area contributed by atoms with Gasteiger partial charge in [0.05, 0.1) is 29.7 Å². The summed E-state index contributed by atoms with van der Waals surface area (Å²) in [5.41, 5.74) is 3.16. The quantitative estimate of drug-likeness (QED) is 0.336. The van der Waals surface area contributed by atoms with Gasteiger partial charge in [-0.25, -0.2) is 9.37 Å². The summed E-state index contributed by atoms with van der Waals surface area (Å²) < 4.78 is 21.9. The van der Waals surface area contributed by atoms with Crippen LogP contribution < -0.4 is 10.1 Å². The van der Waals surface area contributed by atoms with E-state index in [4.69, 9.17) is 4.74 Å². The molecule has 3 aromatic carbocycles. The van der Waals surface area contributed by atoms with E-state index in [0.29, 0.717) is 19.1 Å². The maximum atomic E-state index is 13.9. The molecular weight excluding hydrogens is 417 g/mol. The van der Waals surface area contributed by atoms with Crippen LogP contribution in [0.3, 0.4) is 0 Å². The minimum absolute atomic E-state index is 0.0250. The van der Waals surface area contributed by atoms with Crippen LogP contribution in [-0.4, -0.2) is 22.1 Å². The van der Waals surface area contributed by atoms with E-state index in [2.05, 4.69) is 40.8 Å². The van der Waals surface area contributed by atoms with Crippen molar-refractivity contribution in [2.45, 2.75) is 39.3 Å². The average molecular weight is 446 g/mol. The van der Waals surface area contributed by atoms with Crippen LogP contribution in [0, 0.1) is 5.82 Å². The summed E-state index contributed by atoms with van der Waals surface area (Å²) in [5, 5.41) is 2.79. The predicted molar refractivity (Wildman–Crippen MR) is 128 cm³/mol. The smallest absolute Gasteiger partial charge is 0.254 e. The summed E-state index contributed by atoms with van der Waals surface area (Å²) in [5.74, 6) is 1.07. The number of ether oxygens (including phenoxy) is 1. The maximum Gasteiger partial charge on any atom is 0.254 e. The second-order valence-electron chi connectivity index (χ2n) is 8.26. The third kappa shape index (κ3) is 5.40. The Labute approximate surface area is 193 Å². The first kappa shape index (κ1) is 22.5. The normalized spacial score (nSPS) is 11.2. The van der Waals surface area contributed by atoms with E-state index in [1.54, 1.807) is 12.1 Å². The Kier molecular flexibility index (Phi) is 7.03. The number of halogens is 1. The largest absolute Gasteiger partial charge is 0.494 e. The highest BCUT2D eigenvalue weighted by molar-refractivity contribution is 5.94. The highest BCUT2D eigenvalue weighted by atomic mass is 19.1. The Morgan fingerprint density at radius 3 is 2.52 bits per heavy atom. The van der Waals surface area contributed by atoms with Gasteiger partial charge in [-0.05, 0) is 54.3 Å². The number of carbonyl (C=O) groups is 1. The second kappa shape index (κ2) is 10.3. The molecule has 0 saturated carbocycles. The molecule has 1 amide bonds. The molecule has 1 aromatic heterocycles. The first-order valence-corrected chi connectivity index (χ1v) is 11.2. The van der Waals surface area contributed by atoms with E-state index in [-0.39, 0.29) is 12.1 Å². The van der Waals surface area contributed by atoms with Crippen molar-refractivity contribution in [3.63, 3.8) is 0 Å². The summed E-state index contributed by atoms with van der Waals surface area (Å²) in [6.45, 7) is 5.80. The van der Waals surface area contributed by atoms with Crippen molar-refractivity contribution in [2.24, 2.45) is 0 Å². The van der Waals surface area contributed by atoms with Gasteiger partial charge in [-0.15, -0.1) is 0 Å². The zero-order valence-electron chi connectivity index (χ0n) is 18.9. The Bertz CT molecular complexity index is 1230. The van der Waals surface area contributed by atoms with Crippen LogP contribution in [0.4, 0.5) is 4.39 Å². The number of carbonyl (C=O) groups excluding carboxylic acids is 1. The van der Waals surface area contributed by atoms with Gasteiger partial charge >= 0.3 is 0 Å². The maximum absolute atomic E-state index is 13.9. The van der Waals surface area contributed by atoms with Crippen molar-refractivity contribution in [3.05, 3.63) is 95.6 Å². The SMILES string of the molecule is CC(C)c1ccc(OCCCn2c(CNC(=O)c3ccccc3F)nc3ccccc32)cc1. The number of rotatable bonds is 9. The molecule has 4 rings (SSSR count). The lowest BCUT2D eigenvalue weighted by Gasteiger charge is -2.12. The predicted octanol–water partition coefficient (Wildman–Crippen LogP) is 5.70. The number of para-hydroxylation sites is 2. The van der Waals surface area contributed by atoms with Gasteiger partial charge in [0, 0.05) is 6.54 Å².